The number of rotatable bonds is 4. The fraction of sp³-hybridized carbons (Fsp3) is 0.308. The summed E-state index contributed by atoms with van der Waals surface area (Å²) >= 11 is 0. The Labute approximate surface area is 107 Å². The van der Waals surface area contributed by atoms with E-state index in [4.69, 9.17) is 5.11 Å². The van der Waals surface area contributed by atoms with Crippen molar-refractivity contribution in [3.05, 3.63) is 34.9 Å². The van der Waals surface area contributed by atoms with E-state index in [1.807, 2.05) is 13.8 Å². The first kappa shape index (κ1) is 14.4. The molecule has 4 nitrogen and oxygen atoms in total. The second-order valence-electron chi connectivity index (χ2n) is 4.18. The van der Waals surface area contributed by atoms with E-state index in [-0.39, 0.29) is 16.2 Å². The van der Waals surface area contributed by atoms with Gasteiger partial charge >= 0.3 is 5.97 Å². The van der Waals surface area contributed by atoms with Crippen LogP contribution in [0, 0.1) is 0 Å². The molecule has 0 spiro atoms. The van der Waals surface area contributed by atoms with Crippen LogP contribution in [-0.2, 0) is 9.84 Å². The maximum absolute atomic E-state index is 11.7. The summed E-state index contributed by atoms with van der Waals surface area (Å²) in [5.41, 5.74) is 1.46. The fourth-order valence-electron chi connectivity index (χ4n) is 1.52. The normalized spacial score (nSPS) is 11.1. The van der Waals surface area contributed by atoms with Gasteiger partial charge in [-0.05, 0) is 31.5 Å². The summed E-state index contributed by atoms with van der Waals surface area (Å²) in [6, 6.07) is 4.19. The maximum Gasteiger partial charge on any atom is 0.336 e. The Morgan fingerprint density at radius 1 is 1.33 bits per heavy atom. The standard InChI is InChI=1S/C13H16O4S/c1-4-18(16,17)11-6-5-10(7-9(2)3)12(8-11)13(14)15/h5-8H,4H2,1-3H3,(H,14,15). The predicted octanol–water partition coefficient (Wildman–Crippen LogP) is 2.60. The molecule has 0 radical (unpaired) electrons. The van der Waals surface area contributed by atoms with Gasteiger partial charge in [0.05, 0.1) is 16.2 Å². The van der Waals surface area contributed by atoms with Crippen LogP contribution in [0.4, 0.5) is 0 Å². The number of carboxylic acids is 1. The number of aromatic carboxylic acids is 1. The predicted molar refractivity (Wildman–Crippen MR) is 70.5 cm³/mol. The molecule has 18 heavy (non-hydrogen) atoms. The molecule has 1 aromatic carbocycles. The van der Waals surface area contributed by atoms with Crippen molar-refractivity contribution in [2.75, 3.05) is 5.75 Å². The average Bonchev–Trinajstić information content (AvgIpc) is 2.28. The van der Waals surface area contributed by atoms with Crippen LogP contribution in [0.15, 0.2) is 28.7 Å². The Balaban J connectivity index is 3.47. The van der Waals surface area contributed by atoms with Gasteiger partial charge < -0.3 is 5.11 Å². The van der Waals surface area contributed by atoms with Crippen LogP contribution in [0.3, 0.4) is 0 Å². The van der Waals surface area contributed by atoms with Crippen LogP contribution in [-0.4, -0.2) is 25.2 Å². The molecule has 98 valence electrons. The van der Waals surface area contributed by atoms with Gasteiger partial charge in [0.2, 0.25) is 0 Å². The molecule has 0 fully saturated rings. The summed E-state index contributed by atoms with van der Waals surface area (Å²) in [5.74, 6) is -1.18. The first-order valence-corrected chi connectivity index (χ1v) is 7.18. The number of sulfone groups is 1. The van der Waals surface area contributed by atoms with Crippen molar-refractivity contribution in [3.8, 4) is 0 Å². The maximum atomic E-state index is 11.7. The van der Waals surface area contributed by atoms with Crippen LogP contribution >= 0.6 is 0 Å². The molecule has 0 atom stereocenters. The summed E-state index contributed by atoms with van der Waals surface area (Å²) in [7, 11) is -3.38. The second kappa shape index (κ2) is 5.35. The van der Waals surface area contributed by atoms with Gasteiger partial charge in [-0.3, -0.25) is 0 Å². The van der Waals surface area contributed by atoms with Gasteiger partial charge in [0.15, 0.2) is 9.84 Å². The van der Waals surface area contributed by atoms with Gasteiger partial charge in [0.25, 0.3) is 0 Å². The highest BCUT2D eigenvalue weighted by molar-refractivity contribution is 7.91. The summed E-state index contributed by atoms with van der Waals surface area (Å²) in [6.45, 7) is 5.23. The molecule has 1 N–H and O–H groups in total. The molecule has 1 rings (SSSR count). The summed E-state index contributed by atoms with van der Waals surface area (Å²) in [4.78, 5) is 11.2. The van der Waals surface area contributed by atoms with E-state index in [0.29, 0.717) is 5.56 Å². The summed E-state index contributed by atoms with van der Waals surface area (Å²) in [6.07, 6.45) is 1.71. The zero-order valence-corrected chi connectivity index (χ0v) is 11.4. The minimum absolute atomic E-state index is 0.00530. The van der Waals surface area contributed by atoms with Gasteiger partial charge in [-0.2, -0.15) is 0 Å². The minimum atomic E-state index is -3.38. The van der Waals surface area contributed by atoms with E-state index in [0.717, 1.165) is 5.57 Å². The average molecular weight is 268 g/mol. The van der Waals surface area contributed by atoms with Gasteiger partial charge in [-0.25, -0.2) is 13.2 Å². The van der Waals surface area contributed by atoms with Crippen molar-refractivity contribution in [2.24, 2.45) is 0 Å². The lowest BCUT2D eigenvalue weighted by atomic mass is 10.1. The highest BCUT2D eigenvalue weighted by Gasteiger charge is 2.16. The first-order chi connectivity index (χ1) is 8.27. The molecule has 0 saturated carbocycles. The van der Waals surface area contributed by atoms with Crippen molar-refractivity contribution in [1.82, 2.24) is 0 Å². The monoisotopic (exact) mass is 268 g/mol. The molecule has 0 heterocycles. The van der Waals surface area contributed by atoms with Gasteiger partial charge in [-0.1, -0.05) is 24.6 Å². The van der Waals surface area contributed by atoms with Crippen molar-refractivity contribution < 1.29 is 18.3 Å². The molecule has 5 heteroatoms. The molecule has 1 aromatic rings. The van der Waals surface area contributed by atoms with E-state index in [1.165, 1.54) is 25.1 Å². The van der Waals surface area contributed by atoms with Crippen molar-refractivity contribution in [3.63, 3.8) is 0 Å². The van der Waals surface area contributed by atoms with Crippen LogP contribution in [0.5, 0.6) is 0 Å². The molecule has 0 saturated heterocycles. The van der Waals surface area contributed by atoms with Crippen LogP contribution in [0.2, 0.25) is 0 Å². The topological polar surface area (TPSA) is 71.4 Å². The summed E-state index contributed by atoms with van der Waals surface area (Å²) < 4.78 is 23.4. The molecule has 0 aliphatic heterocycles. The molecular weight excluding hydrogens is 252 g/mol. The molecule has 0 amide bonds. The molecular formula is C13H16O4S. The Hall–Kier alpha value is -1.62. The number of carboxylic acid groups (broad SMARTS) is 1. The third-order valence-corrected chi connectivity index (χ3v) is 4.17. The number of carbonyl (C=O) groups is 1. The van der Waals surface area contributed by atoms with E-state index in [1.54, 1.807) is 6.08 Å². The first-order valence-electron chi connectivity index (χ1n) is 5.53. The van der Waals surface area contributed by atoms with Crippen molar-refractivity contribution in [2.45, 2.75) is 25.7 Å². The highest BCUT2D eigenvalue weighted by atomic mass is 32.2. The van der Waals surface area contributed by atoms with Crippen LogP contribution in [0.1, 0.15) is 36.7 Å². The zero-order chi connectivity index (χ0) is 13.9. The molecule has 0 aromatic heterocycles. The molecule has 0 unspecified atom stereocenters. The SMILES string of the molecule is CCS(=O)(=O)c1ccc(C=C(C)C)c(C(=O)O)c1. The summed E-state index contributed by atoms with van der Waals surface area (Å²) in [5, 5.41) is 9.12. The van der Waals surface area contributed by atoms with E-state index in [2.05, 4.69) is 0 Å². The fourth-order valence-corrected chi connectivity index (χ4v) is 2.42. The molecule has 0 bridgehead atoms. The van der Waals surface area contributed by atoms with Gasteiger partial charge in [-0.15, -0.1) is 0 Å². The van der Waals surface area contributed by atoms with Crippen molar-refractivity contribution in [1.29, 1.82) is 0 Å². The Morgan fingerprint density at radius 3 is 2.39 bits per heavy atom. The largest absolute Gasteiger partial charge is 0.478 e. The Kier molecular flexibility index (Phi) is 4.29. The lowest BCUT2D eigenvalue weighted by Crippen LogP contribution is -2.07. The zero-order valence-electron chi connectivity index (χ0n) is 10.6. The quantitative estimate of drug-likeness (QED) is 0.911. The lowest BCUT2D eigenvalue weighted by molar-refractivity contribution is 0.0696. The Bertz CT molecular complexity index is 593. The van der Waals surface area contributed by atoms with E-state index < -0.39 is 15.8 Å². The van der Waals surface area contributed by atoms with Crippen LogP contribution in [0.25, 0.3) is 6.08 Å². The number of allylic oxidation sites excluding steroid dienone is 1. The van der Waals surface area contributed by atoms with Crippen LogP contribution < -0.4 is 0 Å². The molecule has 0 aliphatic rings. The van der Waals surface area contributed by atoms with E-state index in [9.17, 15) is 13.2 Å². The minimum Gasteiger partial charge on any atom is -0.478 e. The van der Waals surface area contributed by atoms with Gasteiger partial charge in [0, 0.05) is 0 Å². The smallest absolute Gasteiger partial charge is 0.336 e. The second-order valence-corrected chi connectivity index (χ2v) is 6.46. The number of benzene rings is 1. The highest BCUT2D eigenvalue weighted by Crippen LogP contribution is 2.19. The third-order valence-electron chi connectivity index (χ3n) is 2.44. The third kappa shape index (κ3) is 3.20. The Morgan fingerprint density at radius 2 is 1.94 bits per heavy atom. The number of hydrogen-bond acceptors (Lipinski definition) is 3. The van der Waals surface area contributed by atoms with E-state index >= 15 is 0 Å². The van der Waals surface area contributed by atoms with Gasteiger partial charge in [0.1, 0.15) is 0 Å². The lowest BCUT2D eigenvalue weighted by Gasteiger charge is -2.06. The molecule has 0 aliphatic carbocycles. The number of hydrogen-bond donors (Lipinski definition) is 1. The van der Waals surface area contributed by atoms with Crippen molar-refractivity contribution >= 4 is 21.9 Å².